The zero-order valence-electron chi connectivity index (χ0n) is 17.8. The number of hydrogen-bond acceptors (Lipinski definition) is 3. The highest BCUT2D eigenvalue weighted by molar-refractivity contribution is 9.10. The highest BCUT2D eigenvalue weighted by Gasteiger charge is 2.26. The second kappa shape index (κ2) is 10.0. The molecule has 0 N–H and O–H groups in total. The van der Waals surface area contributed by atoms with Gasteiger partial charge in [0.25, 0.3) is 0 Å². The second-order valence-electron chi connectivity index (χ2n) is 8.21. The summed E-state index contributed by atoms with van der Waals surface area (Å²) in [6, 6.07) is 23.4. The van der Waals surface area contributed by atoms with E-state index in [0.29, 0.717) is 10.2 Å². The maximum atomic E-state index is 13.7. The van der Waals surface area contributed by atoms with E-state index in [1.807, 2.05) is 81.4 Å². The molecule has 0 unspecified atom stereocenters. The Kier molecular flexibility index (Phi) is 7.39. The van der Waals surface area contributed by atoms with Crippen molar-refractivity contribution >= 4 is 27.6 Å². The molecule has 0 aromatic heterocycles. The molecular formula is C26H25BrFNO2. The van der Waals surface area contributed by atoms with Crippen molar-refractivity contribution in [2.75, 3.05) is 0 Å². The van der Waals surface area contributed by atoms with Crippen LogP contribution in [0.25, 0.3) is 0 Å². The van der Waals surface area contributed by atoms with Crippen LogP contribution in [0.3, 0.4) is 0 Å². The van der Waals surface area contributed by atoms with E-state index in [9.17, 15) is 9.18 Å². The molecule has 0 radical (unpaired) electrons. The topological polar surface area (TPSA) is 38.7 Å². The Morgan fingerprint density at radius 3 is 2.00 bits per heavy atom. The van der Waals surface area contributed by atoms with Crippen molar-refractivity contribution < 1.29 is 13.9 Å². The van der Waals surface area contributed by atoms with E-state index in [4.69, 9.17) is 9.73 Å². The maximum Gasteiger partial charge on any atom is 0.331 e. The molecule has 0 aliphatic rings. The number of carbonyl (C=O) groups excluding carboxylic acids is 1. The van der Waals surface area contributed by atoms with Gasteiger partial charge in [-0.15, -0.1) is 0 Å². The Hall–Kier alpha value is -2.79. The molecule has 0 amide bonds. The minimum atomic E-state index is -0.785. The van der Waals surface area contributed by atoms with Gasteiger partial charge in [-0.05, 0) is 54.4 Å². The number of nitrogens with zero attached hydrogens (tertiary/aromatic N) is 1. The van der Waals surface area contributed by atoms with Gasteiger partial charge in [-0.1, -0.05) is 66.7 Å². The number of benzene rings is 3. The number of halogens is 2. The molecule has 0 saturated carbocycles. The van der Waals surface area contributed by atoms with Crippen LogP contribution >= 0.6 is 15.9 Å². The van der Waals surface area contributed by atoms with E-state index in [1.54, 1.807) is 12.1 Å². The van der Waals surface area contributed by atoms with E-state index < -0.39 is 17.6 Å². The van der Waals surface area contributed by atoms with Gasteiger partial charge in [-0.3, -0.25) is 4.99 Å². The van der Waals surface area contributed by atoms with Crippen molar-refractivity contribution in [3.8, 4) is 0 Å². The van der Waals surface area contributed by atoms with Gasteiger partial charge in [0.1, 0.15) is 11.4 Å². The van der Waals surface area contributed by atoms with Gasteiger partial charge in [0.05, 0.1) is 10.2 Å². The summed E-state index contributed by atoms with van der Waals surface area (Å²) in [6.45, 7) is 5.49. The van der Waals surface area contributed by atoms with E-state index in [0.717, 1.165) is 16.7 Å². The molecule has 5 heteroatoms. The lowest BCUT2D eigenvalue weighted by Gasteiger charge is -2.23. The molecule has 3 aromatic rings. The third-order valence-corrected chi connectivity index (χ3v) is 5.08. The average Bonchev–Trinajstić information content (AvgIpc) is 2.73. The van der Waals surface area contributed by atoms with Crippen LogP contribution in [0.1, 0.15) is 37.5 Å². The SMILES string of the molecule is CC(C)(C)OC(=O)[C@H](Cc1ccc(F)c(Br)c1)N=C(c1ccccc1)c1ccccc1. The third kappa shape index (κ3) is 6.59. The quantitative estimate of drug-likeness (QED) is 0.302. The van der Waals surface area contributed by atoms with E-state index in [1.165, 1.54) is 6.07 Å². The molecule has 0 heterocycles. The van der Waals surface area contributed by atoms with Gasteiger partial charge >= 0.3 is 5.97 Å². The average molecular weight is 482 g/mol. The number of ether oxygens (including phenoxy) is 1. The fourth-order valence-corrected chi connectivity index (χ4v) is 3.53. The Morgan fingerprint density at radius 1 is 0.968 bits per heavy atom. The van der Waals surface area contributed by atoms with Crippen molar-refractivity contribution in [1.82, 2.24) is 0 Å². The summed E-state index contributed by atoms with van der Waals surface area (Å²) in [5.41, 5.74) is 2.66. The molecule has 0 spiro atoms. The van der Waals surface area contributed by atoms with Crippen LogP contribution in [-0.4, -0.2) is 23.3 Å². The summed E-state index contributed by atoms with van der Waals surface area (Å²) < 4.78 is 19.7. The fourth-order valence-electron chi connectivity index (χ4n) is 3.10. The van der Waals surface area contributed by atoms with Crippen molar-refractivity contribution in [3.05, 3.63) is 106 Å². The third-order valence-electron chi connectivity index (χ3n) is 4.47. The minimum absolute atomic E-state index is 0.289. The van der Waals surface area contributed by atoms with Crippen LogP contribution in [0.2, 0.25) is 0 Å². The normalized spacial score (nSPS) is 12.2. The summed E-state index contributed by atoms with van der Waals surface area (Å²) in [7, 11) is 0. The molecule has 3 rings (SSSR count). The predicted molar refractivity (Wildman–Crippen MR) is 126 cm³/mol. The number of carbonyl (C=O) groups is 1. The smallest absolute Gasteiger partial charge is 0.331 e. The van der Waals surface area contributed by atoms with Crippen molar-refractivity contribution in [3.63, 3.8) is 0 Å². The standard InChI is InChI=1S/C26H25BrFNO2/c1-26(2,3)31-25(30)23(17-18-14-15-22(28)21(27)16-18)29-24(19-10-6-4-7-11-19)20-12-8-5-9-13-20/h4-16,23H,17H2,1-3H3/t23-/m0/s1. The zero-order valence-corrected chi connectivity index (χ0v) is 19.4. The van der Waals surface area contributed by atoms with Crippen LogP contribution in [-0.2, 0) is 16.0 Å². The molecule has 0 bridgehead atoms. The van der Waals surface area contributed by atoms with Gasteiger partial charge in [0, 0.05) is 17.5 Å². The first-order valence-corrected chi connectivity index (χ1v) is 10.9. The second-order valence-corrected chi connectivity index (χ2v) is 9.07. The Morgan fingerprint density at radius 2 is 1.52 bits per heavy atom. The molecular weight excluding hydrogens is 457 g/mol. The molecule has 31 heavy (non-hydrogen) atoms. The Bertz CT molecular complexity index is 1020. The highest BCUT2D eigenvalue weighted by Crippen LogP contribution is 2.21. The number of aliphatic imine (C=N–C) groups is 1. The summed E-state index contributed by atoms with van der Waals surface area (Å²) in [6.07, 6.45) is 0.289. The summed E-state index contributed by atoms with van der Waals surface area (Å²) in [5, 5.41) is 0. The first kappa shape index (κ1) is 22.9. The van der Waals surface area contributed by atoms with Crippen molar-refractivity contribution in [2.45, 2.75) is 38.8 Å². The van der Waals surface area contributed by atoms with E-state index in [2.05, 4.69) is 15.9 Å². The molecule has 0 aliphatic carbocycles. The van der Waals surface area contributed by atoms with Crippen LogP contribution in [0, 0.1) is 5.82 Å². The fraction of sp³-hybridized carbons (Fsp3) is 0.231. The molecule has 3 nitrogen and oxygen atoms in total. The Balaban J connectivity index is 2.07. The lowest BCUT2D eigenvalue weighted by atomic mass is 10.0. The zero-order chi connectivity index (χ0) is 22.4. The monoisotopic (exact) mass is 481 g/mol. The number of hydrogen-bond donors (Lipinski definition) is 0. The first-order chi connectivity index (χ1) is 14.7. The van der Waals surface area contributed by atoms with Crippen LogP contribution in [0.4, 0.5) is 4.39 Å². The summed E-state index contributed by atoms with van der Waals surface area (Å²) in [5.74, 6) is -0.771. The molecule has 3 aromatic carbocycles. The van der Waals surface area contributed by atoms with Gasteiger partial charge in [-0.25, -0.2) is 9.18 Å². The van der Waals surface area contributed by atoms with E-state index in [-0.39, 0.29) is 12.2 Å². The van der Waals surface area contributed by atoms with Crippen molar-refractivity contribution in [1.29, 1.82) is 0 Å². The van der Waals surface area contributed by atoms with Crippen LogP contribution in [0.5, 0.6) is 0 Å². The van der Waals surface area contributed by atoms with Crippen LogP contribution < -0.4 is 0 Å². The molecule has 1 atom stereocenters. The Labute approximate surface area is 191 Å². The molecule has 0 aliphatic heterocycles. The van der Waals surface area contributed by atoms with Crippen molar-refractivity contribution in [2.24, 2.45) is 4.99 Å². The van der Waals surface area contributed by atoms with Gasteiger partial charge in [0.2, 0.25) is 0 Å². The predicted octanol–water partition coefficient (Wildman–Crippen LogP) is 6.38. The summed E-state index contributed by atoms with van der Waals surface area (Å²) >= 11 is 3.22. The molecule has 160 valence electrons. The van der Waals surface area contributed by atoms with Crippen LogP contribution in [0.15, 0.2) is 88.3 Å². The lowest BCUT2D eigenvalue weighted by Crippen LogP contribution is -2.33. The molecule has 0 fully saturated rings. The first-order valence-electron chi connectivity index (χ1n) is 10.1. The van der Waals surface area contributed by atoms with Gasteiger partial charge in [0.15, 0.2) is 6.04 Å². The molecule has 0 saturated heterocycles. The maximum absolute atomic E-state index is 13.7. The minimum Gasteiger partial charge on any atom is -0.458 e. The summed E-state index contributed by atoms with van der Waals surface area (Å²) in [4.78, 5) is 18.0. The van der Waals surface area contributed by atoms with Gasteiger partial charge < -0.3 is 4.74 Å². The lowest BCUT2D eigenvalue weighted by molar-refractivity contribution is -0.156. The van der Waals surface area contributed by atoms with E-state index >= 15 is 0 Å². The highest BCUT2D eigenvalue weighted by atomic mass is 79.9. The van der Waals surface area contributed by atoms with Gasteiger partial charge in [-0.2, -0.15) is 0 Å². The number of rotatable bonds is 6. The largest absolute Gasteiger partial charge is 0.458 e. The number of esters is 1.